The molecule has 3 aromatic rings. The Morgan fingerprint density at radius 3 is 2.51 bits per heavy atom. The average molecular weight is 577 g/mol. The van der Waals surface area contributed by atoms with Crippen LogP contribution in [0.15, 0.2) is 83.6 Å². The molecule has 3 aromatic carbocycles. The lowest BCUT2D eigenvalue weighted by Crippen LogP contribution is -2.36. The third-order valence-electron chi connectivity index (χ3n) is 6.61. The van der Waals surface area contributed by atoms with Gasteiger partial charge in [-0.1, -0.05) is 17.7 Å². The SMILES string of the molecule is O=C(Nc1ccc(Cl)c(C(=O)NC2=CNC(Nc3ccc(OCCN4CCCC4)cc3)N=C2)c1)c1cccc(F)c1. The standard InChI is InChI=1S/C30H30ClFN6O3/c31-27-11-8-23(35-28(39)20-4-3-5-21(32)16-20)17-26(27)29(40)36-24-18-33-30(34-19-24)37-22-6-9-25(10-7-22)41-15-14-38-12-1-2-13-38/h3-11,16-19,30,33,37H,1-2,12-15H2,(H,35,39)(H,36,40). The van der Waals surface area contributed by atoms with Gasteiger partial charge in [0.1, 0.15) is 18.2 Å². The van der Waals surface area contributed by atoms with Crippen LogP contribution in [0, 0.1) is 5.82 Å². The number of carbonyl (C=O) groups excluding carboxylic acids is 2. The summed E-state index contributed by atoms with van der Waals surface area (Å²) in [5.41, 5.74) is 1.93. The van der Waals surface area contributed by atoms with Crippen molar-refractivity contribution >= 4 is 41.0 Å². The summed E-state index contributed by atoms with van der Waals surface area (Å²) >= 11 is 6.25. The number of likely N-dealkylation sites (tertiary alicyclic amines) is 1. The summed E-state index contributed by atoms with van der Waals surface area (Å²) in [7, 11) is 0. The molecule has 1 saturated heterocycles. The highest BCUT2D eigenvalue weighted by molar-refractivity contribution is 6.34. The van der Waals surface area contributed by atoms with E-state index < -0.39 is 23.9 Å². The minimum absolute atomic E-state index is 0.154. The fourth-order valence-electron chi connectivity index (χ4n) is 4.46. The maximum atomic E-state index is 13.5. The van der Waals surface area contributed by atoms with E-state index in [4.69, 9.17) is 16.3 Å². The van der Waals surface area contributed by atoms with Crippen molar-refractivity contribution in [2.75, 3.05) is 36.9 Å². The minimum atomic E-state index is -0.520. The Morgan fingerprint density at radius 2 is 1.78 bits per heavy atom. The predicted octanol–water partition coefficient (Wildman–Crippen LogP) is 4.85. The van der Waals surface area contributed by atoms with Gasteiger partial charge in [-0.3, -0.25) is 14.5 Å². The number of nitrogens with zero attached hydrogens (tertiary/aromatic N) is 2. The number of hydrogen-bond donors (Lipinski definition) is 4. The Bertz CT molecular complexity index is 1460. The van der Waals surface area contributed by atoms with Gasteiger partial charge in [0, 0.05) is 29.7 Å². The van der Waals surface area contributed by atoms with Gasteiger partial charge in [0.05, 0.1) is 22.5 Å². The van der Waals surface area contributed by atoms with Crippen LogP contribution < -0.4 is 26.0 Å². The Kier molecular flexibility index (Phi) is 9.12. The quantitative estimate of drug-likeness (QED) is 0.275. The summed E-state index contributed by atoms with van der Waals surface area (Å²) < 4.78 is 19.3. The molecule has 0 spiro atoms. The van der Waals surface area contributed by atoms with Crippen LogP contribution in [0.3, 0.4) is 0 Å². The first-order valence-electron chi connectivity index (χ1n) is 13.3. The van der Waals surface area contributed by atoms with Crippen molar-refractivity contribution in [1.82, 2.24) is 15.5 Å². The number of anilines is 2. The van der Waals surface area contributed by atoms with Crippen LogP contribution in [0.5, 0.6) is 5.75 Å². The average Bonchev–Trinajstić information content (AvgIpc) is 3.49. The second-order valence-corrected chi connectivity index (χ2v) is 10.0. The maximum Gasteiger partial charge on any atom is 0.257 e. The van der Waals surface area contributed by atoms with Crippen LogP contribution in [-0.4, -0.2) is 55.5 Å². The highest BCUT2D eigenvalue weighted by atomic mass is 35.5. The van der Waals surface area contributed by atoms with E-state index in [0.29, 0.717) is 18.0 Å². The van der Waals surface area contributed by atoms with Crippen LogP contribution in [0.2, 0.25) is 5.02 Å². The molecule has 0 radical (unpaired) electrons. The van der Waals surface area contributed by atoms with Gasteiger partial charge < -0.3 is 26.0 Å². The molecule has 11 heteroatoms. The molecule has 0 aliphatic carbocycles. The molecule has 2 aliphatic rings. The number of ether oxygens (including phenoxy) is 1. The summed E-state index contributed by atoms with van der Waals surface area (Å²) in [5.74, 6) is -0.699. The molecule has 0 bridgehead atoms. The number of hydrogen-bond acceptors (Lipinski definition) is 7. The summed E-state index contributed by atoms with van der Waals surface area (Å²) in [4.78, 5) is 32.2. The van der Waals surface area contributed by atoms with Crippen molar-refractivity contribution in [2.45, 2.75) is 19.1 Å². The third-order valence-corrected chi connectivity index (χ3v) is 6.94. The van der Waals surface area contributed by atoms with Crippen LogP contribution in [-0.2, 0) is 0 Å². The van der Waals surface area contributed by atoms with E-state index in [1.165, 1.54) is 49.4 Å². The molecule has 0 saturated carbocycles. The van der Waals surface area contributed by atoms with Gasteiger partial charge in [0.2, 0.25) is 0 Å². The molecular weight excluding hydrogens is 547 g/mol. The van der Waals surface area contributed by atoms with E-state index in [1.807, 2.05) is 24.3 Å². The number of nitrogens with one attached hydrogen (secondary N) is 4. The Labute approximate surface area is 242 Å². The summed E-state index contributed by atoms with van der Waals surface area (Å²) in [5, 5.41) is 11.9. The van der Waals surface area contributed by atoms with Gasteiger partial charge in [-0.25, -0.2) is 9.38 Å². The van der Waals surface area contributed by atoms with E-state index >= 15 is 0 Å². The summed E-state index contributed by atoms with van der Waals surface area (Å²) in [6.07, 6.45) is 5.27. The summed E-state index contributed by atoms with van der Waals surface area (Å²) in [6.45, 7) is 3.91. The number of aliphatic imine (C=N–C) groups is 1. The first kappa shape index (κ1) is 28.1. The molecule has 1 unspecified atom stereocenters. The third kappa shape index (κ3) is 7.84. The van der Waals surface area contributed by atoms with Crippen LogP contribution in [0.4, 0.5) is 15.8 Å². The first-order chi connectivity index (χ1) is 19.9. The number of allylic oxidation sites excluding steroid dienone is 1. The van der Waals surface area contributed by atoms with Crippen LogP contribution >= 0.6 is 11.6 Å². The van der Waals surface area contributed by atoms with Gasteiger partial charge in [-0.05, 0) is 86.6 Å². The van der Waals surface area contributed by atoms with Gasteiger partial charge in [0.15, 0.2) is 6.29 Å². The number of rotatable bonds is 10. The van der Waals surface area contributed by atoms with Crippen molar-refractivity contribution < 1.29 is 18.7 Å². The Hall–Kier alpha value is -4.41. The number of benzene rings is 3. The molecule has 41 heavy (non-hydrogen) atoms. The number of carbonyl (C=O) groups is 2. The Morgan fingerprint density at radius 1 is 1.00 bits per heavy atom. The lowest BCUT2D eigenvalue weighted by Gasteiger charge is -2.21. The van der Waals surface area contributed by atoms with E-state index in [0.717, 1.165) is 37.1 Å². The second kappa shape index (κ2) is 13.3. The smallest absolute Gasteiger partial charge is 0.257 e. The molecule has 1 fully saturated rings. The topological polar surface area (TPSA) is 107 Å². The van der Waals surface area contributed by atoms with Crippen LogP contribution in [0.1, 0.15) is 33.6 Å². The number of amides is 2. The van der Waals surface area contributed by atoms with Crippen molar-refractivity contribution in [2.24, 2.45) is 4.99 Å². The Balaban J connectivity index is 1.10. The molecule has 1 atom stereocenters. The molecule has 212 valence electrons. The zero-order valence-corrected chi connectivity index (χ0v) is 23.0. The highest BCUT2D eigenvalue weighted by Gasteiger charge is 2.16. The molecule has 5 rings (SSSR count). The van der Waals surface area contributed by atoms with Crippen molar-refractivity contribution in [3.63, 3.8) is 0 Å². The second-order valence-electron chi connectivity index (χ2n) is 9.63. The predicted molar refractivity (Wildman–Crippen MR) is 158 cm³/mol. The van der Waals surface area contributed by atoms with Gasteiger partial charge in [0.25, 0.3) is 11.8 Å². The monoisotopic (exact) mass is 576 g/mol. The summed E-state index contributed by atoms with van der Waals surface area (Å²) in [6, 6.07) is 17.5. The fourth-order valence-corrected chi connectivity index (χ4v) is 4.67. The highest BCUT2D eigenvalue weighted by Crippen LogP contribution is 2.22. The number of halogens is 2. The lowest BCUT2D eigenvalue weighted by molar-refractivity contribution is 0.0966. The van der Waals surface area contributed by atoms with E-state index in [1.54, 1.807) is 12.3 Å². The molecule has 2 aliphatic heterocycles. The molecular formula is C30H30ClFN6O3. The van der Waals surface area contributed by atoms with E-state index in [9.17, 15) is 14.0 Å². The van der Waals surface area contributed by atoms with Gasteiger partial charge in [-0.15, -0.1) is 0 Å². The minimum Gasteiger partial charge on any atom is -0.492 e. The fraction of sp³-hybridized carbons (Fsp3) is 0.233. The molecule has 9 nitrogen and oxygen atoms in total. The molecule has 2 amide bonds. The molecule has 2 heterocycles. The van der Waals surface area contributed by atoms with E-state index in [2.05, 4.69) is 31.2 Å². The van der Waals surface area contributed by atoms with Crippen LogP contribution in [0.25, 0.3) is 0 Å². The normalized spacial score (nSPS) is 16.4. The largest absolute Gasteiger partial charge is 0.492 e. The maximum absolute atomic E-state index is 13.5. The van der Waals surface area contributed by atoms with Crippen molar-refractivity contribution in [3.05, 3.63) is 101 Å². The first-order valence-corrected chi connectivity index (χ1v) is 13.7. The van der Waals surface area contributed by atoms with Crippen molar-refractivity contribution in [3.8, 4) is 5.75 Å². The zero-order valence-electron chi connectivity index (χ0n) is 22.2. The van der Waals surface area contributed by atoms with Gasteiger partial charge in [-0.2, -0.15) is 0 Å². The van der Waals surface area contributed by atoms with Gasteiger partial charge >= 0.3 is 0 Å². The molecule has 0 aromatic heterocycles. The lowest BCUT2D eigenvalue weighted by atomic mass is 10.1. The molecule has 4 N–H and O–H groups in total. The van der Waals surface area contributed by atoms with E-state index in [-0.39, 0.29) is 16.1 Å². The van der Waals surface area contributed by atoms with Crippen molar-refractivity contribution in [1.29, 1.82) is 0 Å². The zero-order chi connectivity index (χ0) is 28.6.